The second kappa shape index (κ2) is 7.64. The summed E-state index contributed by atoms with van der Waals surface area (Å²) in [6.45, 7) is 0. The average Bonchev–Trinajstić information content (AvgIpc) is 3.15. The second-order valence-corrected chi connectivity index (χ2v) is 6.38. The highest BCUT2D eigenvalue weighted by atomic mass is 32.1. The van der Waals surface area contributed by atoms with Crippen LogP contribution in [0.1, 0.15) is 16.1 Å². The highest BCUT2D eigenvalue weighted by molar-refractivity contribution is 7.11. The summed E-state index contributed by atoms with van der Waals surface area (Å²) in [5, 5.41) is 11.6. The molecule has 136 valence electrons. The average molecular weight is 386 g/mol. The molecule has 0 saturated heterocycles. The number of hydrogen-bond acceptors (Lipinski definition) is 4. The van der Waals surface area contributed by atoms with Crippen molar-refractivity contribution in [3.8, 4) is 23.1 Å². The molecule has 27 heavy (non-hydrogen) atoms. The Hall–Kier alpha value is -3.11. The summed E-state index contributed by atoms with van der Waals surface area (Å²) >= 11 is 1.21. The summed E-state index contributed by atoms with van der Waals surface area (Å²) in [7, 11) is 1.57. The molecule has 0 aliphatic rings. The maximum absolute atomic E-state index is 13.2. The van der Waals surface area contributed by atoms with Crippen LogP contribution in [-0.2, 0) is 6.18 Å². The van der Waals surface area contributed by atoms with E-state index in [9.17, 15) is 18.4 Å². The number of halogens is 3. The van der Waals surface area contributed by atoms with Gasteiger partial charge in [0, 0.05) is 10.9 Å². The standard InChI is InChI=1S/C20H13F3N2OS/c1-26-16-8-6-13(7-9-16)18-12-27-19(25-18)15(11-24)10-14-4-2-3-5-17(14)20(21,22)23/h2-10,12H,1H3/b15-10-. The van der Waals surface area contributed by atoms with Crippen LogP contribution in [0.5, 0.6) is 5.75 Å². The van der Waals surface area contributed by atoms with Gasteiger partial charge in [-0.3, -0.25) is 0 Å². The molecular formula is C20H13F3N2OS. The molecule has 0 aliphatic carbocycles. The van der Waals surface area contributed by atoms with Crippen LogP contribution >= 0.6 is 11.3 Å². The Morgan fingerprint density at radius 3 is 2.48 bits per heavy atom. The van der Waals surface area contributed by atoms with E-state index in [-0.39, 0.29) is 11.1 Å². The van der Waals surface area contributed by atoms with Crippen LogP contribution in [0.2, 0.25) is 0 Å². The highest BCUT2D eigenvalue weighted by Gasteiger charge is 2.32. The van der Waals surface area contributed by atoms with Crippen LogP contribution in [0.15, 0.2) is 53.9 Å². The zero-order chi connectivity index (χ0) is 19.4. The minimum Gasteiger partial charge on any atom is -0.497 e. The van der Waals surface area contributed by atoms with E-state index in [0.29, 0.717) is 16.5 Å². The molecule has 0 saturated carbocycles. The van der Waals surface area contributed by atoms with Crippen molar-refractivity contribution in [2.75, 3.05) is 7.11 Å². The third-order valence-corrected chi connectivity index (χ3v) is 4.68. The summed E-state index contributed by atoms with van der Waals surface area (Å²) in [5.41, 5.74) is 0.693. The van der Waals surface area contributed by atoms with Crippen molar-refractivity contribution < 1.29 is 17.9 Å². The number of benzene rings is 2. The Balaban J connectivity index is 1.97. The molecular weight excluding hydrogens is 373 g/mol. The van der Waals surface area contributed by atoms with Crippen LogP contribution in [0.25, 0.3) is 22.9 Å². The third kappa shape index (κ3) is 4.18. The Labute approximate surface area is 158 Å². The van der Waals surface area contributed by atoms with Gasteiger partial charge in [0.05, 0.1) is 23.9 Å². The van der Waals surface area contributed by atoms with E-state index in [4.69, 9.17) is 4.74 Å². The Morgan fingerprint density at radius 1 is 1.15 bits per heavy atom. The van der Waals surface area contributed by atoms with Crippen LogP contribution in [-0.4, -0.2) is 12.1 Å². The molecule has 0 atom stereocenters. The smallest absolute Gasteiger partial charge is 0.416 e. The number of rotatable bonds is 4. The lowest BCUT2D eigenvalue weighted by Gasteiger charge is -2.09. The molecule has 0 spiro atoms. The van der Waals surface area contributed by atoms with Gasteiger partial charge in [-0.1, -0.05) is 18.2 Å². The molecule has 0 aliphatic heterocycles. The predicted octanol–water partition coefficient (Wildman–Crippen LogP) is 5.90. The van der Waals surface area contributed by atoms with E-state index in [1.165, 1.54) is 35.6 Å². The van der Waals surface area contributed by atoms with Gasteiger partial charge in [0.25, 0.3) is 0 Å². The molecule has 0 N–H and O–H groups in total. The molecule has 0 unspecified atom stereocenters. The van der Waals surface area contributed by atoms with Crippen molar-refractivity contribution in [3.63, 3.8) is 0 Å². The normalized spacial score (nSPS) is 11.9. The van der Waals surface area contributed by atoms with Gasteiger partial charge in [-0.2, -0.15) is 18.4 Å². The first-order chi connectivity index (χ1) is 12.9. The molecule has 3 nitrogen and oxygen atoms in total. The van der Waals surface area contributed by atoms with Gasteiger partial charge in [0.2, 0.25) is 0 Å². The number of methoxy groups -OCH3 is 1. The lowest BCUT2D eigenvalue weighted by molar-refractivity contribution is -0.137. The van der Waals surface area contributed by atoms with Crippen LogP contribution in [0.4, 0.5) is 13.2 Å². The quantitative estimate of drug-likeness (QED) is 0.524. The van der Waals surface area contributed by atoms with E-state index >= 15 is 0 Å². The maximum Gasteiger partial charge on any atom is 0.416 e. The summed E-state index contributed by atoms with van der Waals surface area (Å²) in [5.74, 6) is 0.704. The number of alkyl halides is 3. The van der Waals surface area contributed by atoms with Crippen LogP contribution in [0, 0.1) is 11.3 Å². The van der Waals surface area contributed by atoms with E-state index < -0.39 is 11.7 Å². The van der Waals surface area contributed by atoms with Gasteiger partial charge in [0.1, 0.15) is 16.8 Å². The molecule has 1 aromatic heterocycles. The zero-order valence-corrected chi connectivity index (χ0v) is 14.9. The molecule has 0 fully saturated rings. The van der Waals surface area contributed by atoms with Gasteiger partial charge in [-0.15, -0.1) is 11.3 Å². The third-order valence-electron chi connectivity index (χ3n) is 3.81. The van der Waals surface area contributed by atoms with Crippen molar-refractivity contribution in [1.82, 2.24) is 4.98 Å². The molecule has 2 aromatic carbocycles. The van der Waals surface area contributed by atoms with Gasteiger partial charge >= 0.3 is 6.18 Å². The minimum absolute atomic E-state index is 0.0669. The monoisotopic (exact) mass is 386 g/mol. The molecule has 0 radical (unpaired) electrons. The van der Waals surface area contributed by atoms with E-state index in [1.807, 2.05) is 18.2 Å². The second-order valence-electron chi connectivity index (χ2n) is 5.52. The van der Waals surface area contributed by atoms with Crippen molar-refractivity contribution in [2.24, 2.45) is 0 Å². The van der Waals surface area contributed by atoms with Gasteiger partial charge in [0.15, 0.2) is 0 Å². The lowest BCUT2D eigenvalue weighted by atomic mass is 10.0. The Morgan fingerprint density at radius 2 is 1.85 bits per heavy atom. The Bertz CT molecular complexity index is 1010. The fourth-order valence-corrected chi connectivity index (χ4v) is 3.26. The molecule has 3 aromatic rings. The fraction of sp³-hybridized carbons (Fsp3) is 0.100. The first-order valence-corrected chi connectivity index (χ1v) is 8.68. The van der Waals surface area contributed by atoms with Gasteiger partial charge < -0.3 is 4.74 Å². The molecule has 3 rings (SSSR count). The van der Waals surface area contributed by atoms with Crippen molar-refractivity contribution in [3.05, 3.63) is 70.0 Å². The number of ether oxygens (including phenoxy) is 1. The number of nitriles is 1. The first-order valence-electron chi connectivity index (χ1n) is 7.80. The molecule has 0 amide bonds. The number of thiazole rings is 1. The fourth-order valence-electron chi connectivity index (χ4n) is 2.47. The minimum atomic E-state index is -4.50. The predicted molar refractivity (Wildman–Crippen MR) is 99.0 cm³/mol. The SMILES string of the molecule is COc1ccc(-c2csc(/C(C#N)=C\c3ccccc3C(F)(F)F)n2)cc1. The number of allylic oxidation sites excluding steroid dienone is 1. The van der Waals surface area contributed by atoms with Crippen molar-refractivity contribution in [2.45, 2.75) is 6.18 Å². The van der Waals surface area contributed by atoms with Crippen molar-refractivity contribution >= 4 is 23.0 Å². The molecule has 1 heterocycles. The summed E-state index contributed by atoms with van der Waals surface area (Å²) in [6, 6.07) is 14.3. The maximum atomic E-state index is 13.2. The molecule has 7 heteroatoms. The zero-order valence-electron chi connectivity index (χ0n) is 14.1. The Kier molecular flexibility index (Phi) is 5.28. The first kappa shape index (κ1) is 18.7. The van der Waals surface area contributed by atoms with Crippen molar-refractivity contribution in [1.29, 1.82) is 5.26 Å². The van der Waals surface area contributed by atoms with Crippen LogP contribution < -0.4 is 4.74 Å². The number of nitrogens with zero attached hydrogens (tertiary/aromatic N) is 2. The van der Waals surface area contributed by atoms with Gasteiger partial charge in [-0.05, 0) is 42.0 Å². The van der Waals surface area contributed by atoms with Gasteiger partial charge in [-0.25, -0.2) is 4.98 Å². The topological polar surface area (TPSA) is 45.9 Å². The summed E-state index contributed by atoms with van der Waals surface area (Å²) in [4.78, 5) is 4.40. The van der Waals surface area contributed by atoms with Crippen LogP contribution in [0.3, 0.4) is 0 Å². The summed E-state index contributed by atoms with van der Waals surface area (Å²) in [6.07, 6.45) is -3.27. The largest absolute Gasteiger partial charge is 0.497 e. The van der Waals surface area contributed by atoms with E-state index in [1.54, 1.807) is 24.6 Å². The number of hydrogen-bond donors (Lipinski definition) is 0. The molecule has 0 bridgehead atoms. The lowest BCUT2D eigenvalue weighted by Crippen LogP contribution is -2.07. The van der Waals surface area contributed by atoms with E-state index in [0.717, 1.165) is 11.6 Å². The van der Waals surface area contributed by atoms with E-state index in [2.05, 4.69) is 4.98 Å². The number of aromatic nitrogens is 1. The highest BCUT2D eigenvalue weighted by Crippen LogP contribution is 2.34. The summed E-state index contributed by atoms with van der Waals surface area (Å²) < 4.78 is 44.6.